The van der Waals surface area contributed by atoms with E-state index >= 15 is 0 Å². The van der Waals surface area contributed by atoms with Gasteiger partial charge in [-0.3, -0.25) is 0 Å². The van der Waals surface area contributed by atoms with Gasteiger partial charge in [-0.1, -0.05) is 11.6 Å². The molecule has 0 heterocycles. The molecule has 0 aliphatic rings. The van der Waals surface area contributed by atoms with Crippen molar-refractivity contribution < 1.29 is 14.3 Å². The predicted octanol–water partition coefficient (Wildman–Crippen LogP) is 1.97. The molecule has 0 bridgehead atoms. The number of anilines is 1. The standard InChI is InChI=1S/C10H12ClNO3/c1-14-9-6-8(12-3-4-13)10(15-2)5-7(9)11/h4-6,12H,3H2,1-2H3. The largest absolute Gasteiger partial charge is 0.495 e. The summed E-state index contributed by atoms with van der Waals surface area (Å²) in [7, 11) is 3.06. The molecule has 0 aliphatic carbocycles. The molecule has 0 atom stereocenters. The van der Waals surface area contributed by atoms with Gasteiger partial charge in [0.05, 0.1) is 31.5 Å². The number of hydrogen-bond acceptors (Lipinski definition) is 4. The second-order valence-corrected chi connectivity index (χ2v) is 3.14. The van der Waals surface area contributed by atoms with E-state index in [1.807, 2.05) is 0 Å². The molecule has 0 amide bonds. The molecule has 1 rings (SSSR count). The van der Waals surface area contributed by atoms with Crippen molar-refractivity contribution in [3.8, 4) is 11.5 Å². The van der Waals surface area contributed by atoms with Gasteiger partial charge in [-0.05, 0) is 0 Å². The van der Waals surface area contributed by atoms with Gasteiger partial charge in [-0.15, -0.1) is 0 Å². The number of aldehydes is 1. The third kappa shape index (κ3) is 2.76. The fourth-order valence-electron chi connectivity index (χ4n) is 1.15. The molecule has 1 aromatic carbocycles. The van der Waals surface area contributed by atoms with Crippen molar-refractivity contribution in [1.29, 1.82) is 0 Å². The number of methoxy groups -OCH3 is 2. The summed E-state index contributed by atoms with van der Waals surface area (Å²) in [5, 5.41) is 3.35. The van der Waals surface area contributed by atoms with Crippen molar-refractivity contribution in [3.05, 3.63) is 17.2 Å². The Morgan fingerprint density at radius 1 is 1.33 bits per heavy atom. The number of benzene rings is 1. The molecule has 0 radical (unpaired) electrons. The fourth-order valence-corrected chi connectivity index (χ4v) is 1.38. The average molecular weight is 230 g/mol. The zero-order valence-corrected chi connectivity index (χ0v) is 9.30. The van der Waals surface area contributed by atoms with Gasteiger partial charge in [0.2, 0.25) is 0 Å². The first-order chi connectivity index (χ1) is 7.22. The summed E-state index contributed by atoms with van der Waals surface area (Å²) in [5.41, 5.74) is 0.672. The van der Waals surface area contributed by atoms with E-state index < -0.39 is 0 Å². The van der Waals surface area contributed by atoms with Crippen molar-refractivity contribution in [1.82, 2.24) is 0 Å². The highest BCUT2D eigenvalue weighted by molar-refractivity contribution is 6.32. The monoisotopic (exact) mass is 229 g/mol. The number of carbonyl (C=O) groups excluding carboxylic acids is 1. The van der Waals surface area contributed by atoms with E-state index in [1.165, 1.54) is 14.2 Å². The van der Waals surface area contributed by atoms with E-state index in [-0.39, 0.29) is 6.54 Å². The molecule has 82 valence electrons. The molecular formula is C10H12ClNO3. The topological polar surface area (TPSA) is 47.6 Å². The zero-order valence-electron chi connectivity index (χ0n) is 8.54. The number of rotatable bonds is 5. The lowest BCUT2D eigenvalue weighted by molar-refractivity contribution is -0.106. The van der Waals surface area contributed by atoms with Gasteiger partial charge in [0.15, 0.2) is 0 Å². The summed E-state index contributed by atoms with van der Waals surface area (Å²) in [6.07, 6.45) is 0.764. The Kier molecular flexibility index (Phi) is 4.24. The lowest BCUT2D eigenvalue weighted by Gasteiger charge is -2.12. The van der Waals surface area contributed by atoms with Crippen molar-refractivity contribution in [2.75, 3.05) is 26.1 Å². The van der Waals surface area contributed by atoms with Crippen LogP contribution in [0.1, 0.15) is 0 Å². The summed E-state index contributed by atoms with van der Waals surface area (Å²) < 4.78 is 10.2. The van der Waals surface area contributed by atoms with Crippen LogP contribution in [0.3, 0.4) is 0 Å². The SMILES string of the molecule is COc1cc(NCC=O)c(OC)cc1Cl. The molecule has 0 unspecified atom stereocenters. The lowest BCUT2D eigenvalue weighted by Crippen LogP contribution is -2.04. The Hall–Kier alpha value is -1.42. The van der Waals surface area contributed by atoms with Gasteiger partial charge in [0, 0.05) is 12.1 Å². The highest BCUT2D eigenvalue weighted by Gasteiger charge is 2.08. The van der Waals surface area contributed by atoms with E-state index in [4.69, 9.17) is 21.1 Å². The van der Waals surface area contributed by atoms with Crippen molar-refractivity contribution in [3.63, 3.8) is 0 Å². The Morgan fingerprint density at radius 3 is 2.53 bits per heavy atom. The van der Waals surface area contributed by atoms with Crippen molar-refractivity contribution in [2.24, 2.45) is 0 Å². The summed E-state index contributed by atoms with van der Waals surface area (Å²) in [6, 6.07) is 3.32. The lowest BCUT2D eigenvalue weighted by atomic mass is 10.2. The maximum absolute atomic E-state index is 10.2. The Labute approximate surface area is 93.1 Å². The number of carbonyl (C=O) groups is 1. The normalized spacial score (nSPS) is 9.53. The van der Waals surface area contributed by atoms with Crippen LogP contribution < -0.4 is 14.8 Å². The number of halogens is 1. The minimum absolute atomic E-state index is 0.209. The highest BCUT2D eigenvalue weighted by Crippen LogP contribution is 2.35. The third-order valence-corrected chi connectivity index (χ3v) is 2.15. The van der Waals surface area contributed by atoms with Gasteiger partial charge in [-0.2, -0.15) is 0 Å². The minimum atomic E-state index is 0.209. The quantitative estimate of drug-likeness (QED) is 0.785. The first-order valence-corrected chi connectivity index (χ1v) is 4.69. The van der Waals surface area contributed by atoms with E-state index in [1.54, 1.807) is 12.1 Å². The predicted molar refractivity (Wildman–Crippen MR) is 59.1 cm³/mol. The van der Waals surface area contributed by atoms with Gasteiger partial charge >= 0.3 is 0 Å². The van der Waals surface area contributed by atoms with Crippen LogP contribution in [-0.2, 0) is 4.79 Å². The van der Waals surface area contributed by atoms with E-state index in [0.717, 1.165) is 6.29 Å². The third-order valence-electron chi connectivity index (χ3n) is 1.85. The first-order valence-electron chi connectivity index (χ1n) is 4.32. The molecule has 15 heavy (non-hydrogen) atoms. The number of hydrogen-bond donors (Lipinski definition) is 1. The van der Waals surface area contributed by atoms with Gasteiger partial charge in [0.1, 0.15) is 17.8 Å². The first kappa shape index (κ1) is 11.7. The van der Waals surface area contributed by atoms with Crippen molar-refractivity contribution >= 4 is 23.6 Å². The van der Waals surface area contributed by atoms with Crippen LogP contribution in [0.5, 0.6) is 11.5 Å². The molecule has 1 N–H and O–H groups in total. The average Bonchev–Trinajstić information content (AvgIpc) is 2.26. The molecule has 0 saturated heterocycles. The van der Waals surface area contributed by atoms with Gasteiger partial charge < -0.3 is 19.6 Å². The van der Waals surface area contributed by atoms with Crippen LogP contribution in [0, 0.1) is 0 Å². The Morgan fingerprint density at radius 2 is 2.00 bits per heavy atom. The summed E-state index contributed by atoms with van der Waals surface area (Å²) in [5.74, 6) is 1.11. The summed E-state index contributed by atoms with van der Waals surface area (Å²) in [6.45, 7) is 0.209. The van der Waals surface area contributed by atoms with E-state index in [0.29, 0.717) is 22.2 Å². The molecule has 4 nitrogen and oxygen atoms in total. The second-order valence-electron chi connectivity index (χ2n) is 2.73. The molecule has 0 saturated carbocycles. The summed E-state index contributed by atoms with van der Waals surface area (Å²) >= 11 is 5.91. The number of nitrogens with one attached hydrogen (secondary N) is 1. The maximum Gasteiger partial charge on any atom is 0.143 e. The van der Waals surface area contributed by atoms with Crippen LogP contribution in [0.4, 0.5) is 5.69 Å². The molecule has 0 aliphatic heterocycles. The highest BCUT2D eigenvalue weighted by atomic mass is 35.5. The van der Waals surface area contributed by atoms with E-state index in [2.05, 4.69) is 5.32 Å². The fraction of sp³-hybridized carbons (Fsp3) is 0.300. The second kappa shape index (κ2) is 5.46. The van der Waals surface area contributed by atoms with E-state index in [9.17, 15) is 4.79 Å². The molecule has 0 spiro atoms. The Bertz CT molecular complexity index is 355. The Balaban J connectivity index is 3.04. The minimum Gasteiger partial charge on any atom is -0.495 e. The van der Waals surface area contributed by atoms with Gasteiger partial charge in [-0.25, -0.2) is 0 Å². The molecular weight excluding hydrogens is 218 g/mol. The van der Waals surface area contributed by atoms with Crippen LogP contribution in [0.25, 0.3) is 0 Å². The van der Waals surface area contributed by atoms with Crippen LogP contribution >= 0.6 is 11.6 Å². The summed E-state index contributed by atoms with van der Waals surface area (Å²) in [4.78, 5) is 10.2. The maximum atomic E-state index is 10.2. The zero-order chi connectivity index (χ0) is 11.3. The molecule has 5 heteroatoms. The molecule has 0 aromatic heterocycles. The van der Waals surface area contributed by atoms with Crippen LogP contribution in [-0.4, -0.2) is 27.1 Å². The number of ether oxygens (including phenoxy) is 2. The van der Waals surface area contributed by atoms with Crippen molar-refractivity contribution in [2.45, 2.75) is 0 Å². The van der Waals surface area contributed by atoms with Crippen LogP contribution in [0.2, 0.25) is 5.02 Å². The molecule has 1 aromatic rings. The van der Waals surface area contributed by atoms with Crippen LogP contribution in [0.15, 0.2) is 12.1 Å². The van der Waals surface area contributed by atoms with Gasteiger partial charge in [0.25, 0.3) is 0 Å². The smallest absolute Gasteiger partial charge is 0.143 e. The molecule has 0 fully saturated rings.